The summed E-state index contributed by atoms with van der Waals surface area (Å²) in [7, 11) is -2.28. The number of nitrogens with one attached hydrogen (secondary N) is 3. The number of amides is 5. The predicted molar refractivity (Wildman–Crippen MR) is 204 cm³/mol. The lowest BCUT2D eigenvalue weighted by atomic mass is 9.99. The second-order valence-corrected chi connectivity index (χ2v) is 18.6. The summed E-state index contributed by atoms with van der Waals surface area (Å²) in [6.45, 7) is 8.49. The second-order valence-electron chi connectivity index (χ2n) is 16.7. The first-order valence-corrected chi connectivity index (χ1v) is 21.0. The molecule has 18 heteroatoms. The molecule has 0 aromatic heterocycles. The molecule has 5 aliphatic rings. The molecule has 0 spiro atoms. The molecule has 3 fully saturated rings. The number of allylic oxidation sites excluding steroid dienone is 1. The summed E-state index contributed by atoms with van der Waals surface area (Å²) in [5.74, 6) is -3.38. The van der Waals surface area contributed by atoms with Crippen molar-refractivity contribution >= 4 is 39.9 Å². The molecule has 312 valence electrons. The van der Waals surface area contributed by atoms with E-state index in [0.29, 0.717) is 43.2 Å². The Morgan fingerprint density at radius 1 is 1.14 bits per heavy atom. The molecule has 5 amide bonds. The fraction of sp³-hybridized carbons (Fsp3) is 0.615. The molecule has 7 atom stereocenters. The van der Waals surface area contributed by atoms with Gasteiger partial charge in [-0.25, -0.2) is 22.4 Å². The molecule has 1 saturated heterocycles. The maximum absolute atomic E-state index is 14.7. The van der Waals surface area contributed by atoms with E-state index in [1.807, 2.05) is 6.08 Å². The van der Waals surface area contributed by atoms with Crippen LogP contribution >= 0.6 is 0 Å². The third kappa shape index (κ3) is 9.60. The molecule has 1 aromatic rings. The van der Waals surface area contributed by atoms with Gasteiger partial charge in [0.25, 0.3) is 5.91 Å². The number of hydrogen-bond donors (Lipinski definition) is 4. The number of likely N-dealkylation sites (N-methyl/N-ethyl adjacent to an activating group) is 1. The highest BCUT2D eigenvalue weighted by atomic mass is 32.2. The van der Waals surface area contributed by atoms with E-state index < -0.39 is 92.5 Å². The van der Waals surface area contributed by atoms with Crippen molar-refractivity contribution in [2.75, 3.05) is 13.6 Å². The summed E-state index contributed by atoms with van der Waals surface area (Å²) in [4.78, 5) is 73.7. The lowest BCUT2D eigenvalue weighted by Gasteiger charge is -2.33. The van der Waals surface area contributed by atoms with Gasteiger partial charge < -0.3 is 30.1 Å². The van der Waals surface area contributed by atoms with Crippen molar-refractivity contribution in [3.05, 3.63) is 60.0 Å². The van der Waals surface area contributed by atoms with Crippen LogP contribution in [0.5, 0.6) is 0 Å². The molecule has 0 radical (unpaired) electrons. The first-order valence-electron chi connectivity index (χ1n) is 19.4. The van der Waals surface area contributed by atoms with Crippen LogP contribution in [-0.2, 0) is 47.0 Å². The lowest BCUT2D eigenvalue weighted by molar-refractivity contribution is -0.141. The summed E-state index contributed by atoms with van der Waals surface area (Å²) in [5, 5.41) is 15.4. The number of rotatable bonds is 8. The Hall–Kier alpha value is -4.55. The summed E-state index contributed by atoms with van der Waals surface area (Å²) in [6.07, 6.45) is 3.29. The third-order valence-corrected chi connectivity index (χ3v) is 13.1. The van der Waals surface area contributed by atoms with Crippen molar-refractivity contribution in [2.24, 2.45) is 5.92 Å². The van der Waals surface area contributed by atoms with Gasteiger partial charge in [0, 0.05) is 30.5 Å². The Labute approximate surface area is 332 Å². The number of fused-ring (bicyclic) bond motifs is 3. The van der Waals surface area contributed by atoms with Crippen LogP contribution in [0.1, 0.15) is 83.3 Å². The van der Waals surface area contributed by atoms with Crippen LogP contribution in [0, 0.1) is 11.7 Å². The average Bonchev–Trinajstić information content (AvgIpc) is 4.02. The average molecular weight is 817 g/mol. The van der Waals surface area contributed by atoms with Gasteiger partial charge >= 0.3 is 12.2 Å². The Morgan fingerprint density at radius 3 is 2.54 bits per heavy atom. The number of benzene rings is 1. The maximum atomic E-state index is 14.7. The number of aliphatic hydroxyl groups excluding tert-OH is 1. The zero-order valence-corrected chi connectivity index (χ0v) is 33.6. The Kier molecular flexibility index (Phi) is 12.1. The summed E-state index contributed by atoms with van der Waals surface area (Å²) in [5.41, 5.74) is -1.56. The lowest BCUT2D eigenvalue weighted by Crippen LogP contribution is -2.58. The standard InChI is InChI=1S/C39H53FN6O10S/c1-6-32(47)44(5)25-12-8-7-11-24-19-39(24,35(50)43-57(53,54)27-15-16-27)42-33(48)31-18-26(55-37(52)45-20-23-10-9-13-29(40)28(23)22-45)21-46(31)34(49)30(17-14-25)41-36(51)56-38(2,3)4/h6-7,9-11,13,24-27,30-32,47H,1,8,12,14-22H2,2-5H3,(H,41,51)(H,42,48)(H,43,50)/b11-7-/t24-,25?,26-,30+,31+,32?,39-/m1/s1. The van der Waals surface area contributed by atoms with Crippen LogP contribution in [0.15, 0.2) is 43.0 Å². The Balaban J connectivity index is 1.31. The molecule has 6 rings (SSSR count). The van der Waals surface area contributed by atoms with E-state index in [4.69, 9.17) is 9.47 Å². The molecular formula is C39H53FN6O10S. The minimum Gasteiger partial charge on any atom is -0.444 e. The quantitative estimate of drug-likeness (QED) is 0.222. The first-order chi connectivity index (χ1) is 26.8. The normalized spacial score (nSPS) is 29.1. The van der Waals surface area contributed by atoms with E-state index in [1.54, 1.807) is 50.9 Å². The van der Waals surface area contributed by atoms with Gasteiger partial charge in [-0.2, -0.15) is 0 Å². The van der Waals surface area contributed by atoms with E-state index in [-0.39, 0.29) is 44.9 Å². The van der Waals surface area contributed by atoms with Gasteiger partial charge in [0.15, 0.2) is 0 Å². The number of ether oxygens (including phenoxy) is 2. The van der Waals surface area contributed by atoms with Gasteiger partial charge in [0.05, 0.1) is 18.3 Å². The first kappa shape index (κ1) is 42.1. The van der Waals surface area contributed by atoms with E-state index in [1.165, 1.54) is 21.9 Å². The summed E-state index contributed by atoms with van der Waals surface area (Å²) >= 11 is 0. The van der Waals surface area contributed by atoms with Gasteiger partial charge in [-0.3, -0.25) is 28.9 Å². The van der Waals surface area contributed by atoms with Gasteiger partial charge in [0.1, 0.15) is 41.4 Å². The second kappa shape index (κ2) is 16.4. The Morgan fingerprint density at radius 2 is 1.88 bits per heavy atom. The molecule has 3 heterocycles. The van der Waals surface area contributed by atoms with Crippen LogP contribution in [-0.4, -0.2) is 119 Å². The van der Waals surface area contributed by atoms with Crippen molar-refractivity contribution in [3.63, 3.8) is 0 Å². The van der Waals surface area contributed by atoms with E-state index >= 15 is 0 Å². The van der Waals surface area contributed by atoms with Crippen LogP contribution in [0.3, 0.4) is 0 Å². The fourth-order valence-corrected chi connectivity index (χ4v) is 9.18. The highest BCUT2D eigenvalue weighted by Crippen LogP contribution is 2.46. The van der Waals surface area contributed by atoms with Gasteiger partial charge in [-0.05, 0) is 90.5 Å². The SMILES string of the molecule is C=CC(O)N(C)C1CC/C=C\[C@@H]2C[C@@]2(C(=O)NS(=O)(=O)C2CC2)NC(=O)[C@@H]2C[C@@H](OC(=O)N3Cc4cccc(F)c4C3)CN2C(=O)[C@@H](NC(=O)OC(C)(C)C)CC1. The highest BCUT2D eigenvalue weighted by Gasteiger charge is 2.62. The zero-order chi connectivity index (χ0) is 41.4. The molecular weight excluding hydrogens is 764 g/mol. The molecule has 16 nitrogen and oxygen atoms in total. The summed E-state index contributed by atoms with van der Waals surface area (Å²) < 4.78 is 53.8. The third-order valence-electron chi connectivity index (χ3n) is 11.3. The number of hydrogen-bond acceptors (Lipinski definition) is 11. The molecule has 2 unspecified atom stereocenters. The molecule has 2 aliphatic carbocycles. The van der Waals surface area contributed by atoms with Crippen molar-refractivity contribution < 1.29 is 51.4 Å². The van der Waals surface area contributed by atoms with Crippen molar-refractivity contribution in [2.45, 2.75) is 132 Å². The smallest absolute Gasteiger partial charge is 0.410 e. The van der Waals surface area contributed by atoms with E-state index in [0.717, 1.165) is 0 Å². The minimum atomic E-state index is -3.98. The van der Waals surface area contributed by atoms with E-state index in [2.05, 4.69) is 21.9 Å². The number of alkyl carbamates (subject to hydrolysis) is 1. The van der Waals surface area contributed by atoms with Gasteiger partial charge in [-0.15, -0.1) is 0 Å². The maximum Gasteiger partial charge on any atom is 0.410 e. The minimum absolute atomic E-state index is 0.0333. The number of nitrogens with zero attached hydrogens (tertiary/aromatic N) is 3. The van der Waals surface area contributed by atoms with Crippen LogP contribution in [0.25, 0.3) is 0 Å². The molecule has 3 aliphatic heterocycles. The number of halogens is 1. The summed E-state index contributed by atoms with van der Waals surface area (Å²) in [6, 6.07) is 1.67. The highest BCUT2D eigenvalue weighted by molar-refractivity contribution is 7.91. The molecule has 1 aromatic carbocycles. The monoisotopic (exact) mass is 816 g/mol. The van der Waals surface area contributed by atoms with Gasteiger partial charge in [0.2, 0.25) is 21.8 Å². The predicted octanol–water partition coefficient (Wildman–Crippen LogP) is 2.56. The van der Waals surface area contributed by atoms with E-state index in [9.17, 15) is 41.9 Å². The van der Waals surface area contributed by atoms with Crippen LogP contribution in [0.2, 0.25) is 0 Å². The molecule has 57 heavy (non-hydrogen) atoms. The van der Waals surface area contributed by atoms with Crippen LogP contribution in [0.4, 0.5) is 14.0 Å². The zero-order valence-electron chi connectivity index (χ0n) is 32.7. The Bertz CT molecular complexity index is 1920. The molecule has 4 N–H and O–H groups in total. The van der Waals surface area contributed by atoms with Gasteiger partial charge in [-0.1, -0.05) is 30.9 Å². The van der Waals surface area contributed by atoms with Crippen molar-refractivity contribution in [1.29, 1.82) is 0 Å². The molecule has 2 saturated carbocycles. The topological polar surface area (TPSA) is 204 Å². The number of carbonyl (C=O) groups excluding carboxylic acids is 5. The molecule has 0 bridgehead atoms. The fourth-order valence-electron chi connectivity index (χ4n) is 7.82. The largest absolute Gasteiger partial charge is 0.444 e. The van der Waals surface area contributed by atoms with Crippen molar-refractivity contribution in [3.8, 4) is 0 Å². The number of aliphatic hydroxyl groups is 1. The van der Waals surface area contributed by atoms with Crippen molar-refractivity contribution in [1.82, 2.24) is 30.1 Å². The number of carbonyl (C=O) groups is 5. The number of sulfonamides is 1. The van der Waals surface area contributed by atoms with Crippen LogP contribution < -0.4 is 15.4 Å².